The van der Waals surface area contributed by atoms with Crippen LogP contribution in [0.3, 0.4) is 0 Å². The molecule has 0 amide bonds. The molecule has 2 N–H and O–H groups in total. The summed E-state index contributed by atoms with van der Waals surface area (Å²) in [6.07, 6.45) is 9.27. The second-order valence-electron chi connectivity index (χ2n) is 9.59. The lowest BCUT2D eigenvalue weighted by atomic mass is 9.89. The molecule has 190 valence electrons. The molecule has 0 saturated carbocycles. The Balaban J connectivity index is 1.76. The summed E-state index contributed by atoms with van der Waals surface area (Å²) < 4.78 is 31.1. The second-order valence-corrected chi connectivity index (χ2v) is 11.4. The van der Waals surface area contributed by atoms with Crippen LogP contribution in [0.5, 0.6) is 5.75 Å². The van der Waals surface area contributed by atoms with Crippen LogP contribution in [0.15, 0.2) is 36.4 Å². The van der Waals surface area contributed by atoms with Crippen LogP contribution in [-0.2, 0) is 17.4 Å². The van der Waals surface area contributed by atoms with Crippen molar-refractivity contribution in [3.8, 4) is 5.75 Å². The minimum atomic E-state index is -3.92. The zero-order valence-corrected chi connectivity index (χ0v) is 22.0. The summed E-state index contributed by atoms with van der Waals surface area (Å²) in [5.74, 6) is 0.568. The smallest absolute Gasteiger partial charge is 0.325 e. The topological polar surface area (TPSA) is 66.8 Å². The molecule has 6 heteroatoms. The molecule has 1 atom stereocenters. The highest BCUT2D eigenvalue weighted by Crippen LogP contribution is 2.35. The lowest BCUT2D eigenvalue weighted by Gasteiger charge is -2.18. The first-order valence-electron chi connectivity index (χ1n) is 12.7. The number of rotatable bonds is 16. The minimum absolute atomic E-state index is 0.0852. The van der Waals surface area contributed by atoms with E-state index in [0.717, 1.165) is 31.2 Å². The Kier molecular flexibility index (Phi) is 12.3. The van der Waals surface area contributed by atoms with Crippen LogP contribution in [0.2, 0.25) is 0 Å². The van der Waals surface area contributed by atoms with Crippen LogP contribution in [0.1, 0.15) is 80.5 Å². The van der Waals surface area contributed by atoms with Gasteiger partial charge in [0.1, 0.15) is 0 Å². The second kappa shape index (κ2) is 14.7. The van der Waals surface area contributed by atoms with Gasteiger partial charge in [-0.15, -0.1) is 0 Å². The van der Waals surface area contributed by atoms with E-state index in [1.165, 1.54) is 42.0 Å². The molecule has 0 spiro atoms. The lowest BCUT2D eigenvalue weighted by molar-refractivity contribution is 0.275. The number of benzene rings is 2. The lowest BCUT2D eigenvalue weighted by Crippen LogP contribution is -2.08. The summed E-state index contributed by atoms with van der Waals surface area (Å²) in [4.78, 5) is 17.8. The van der Waals surface area contributed by atoms with Crippen LogP contribution >= 0.6 is 7.60 Å². The predicted octanol–water partition coefficient (Wildman–Crippen LogP) is 7.54. The molecule has 1 unspecified atom stereocenters. The van der Waals surface area contributed by atoms with Crippen LogP contribution in [0.25, 0.3) is 0 Å². The van der Waals surface area contributed by atoms with Crippen molar-refractivity contribution in [1.82, 2.24) is 0 Å². The Morgan fingerprint density at radius 3 is 2.32 bits per heavy atom. The fourth-order valence-electron chi connectivity index (χ4n) is 4.30. The first kappa shape index (κ1) is 28.6. The summed E-state index contributed by atoms with van der Waals surface area (Å²) in [6, 6.07) is 11.8. The Labute approximate surface area is 205 Å². The largest absolute Gasteiger partial charge is 0.491 e. The Morgan fingerprint density at radius 2 is 1.65 bits per heavy atom. The minimum Gasteiger partial charge on any atom is -0.491 e. The fourth-order valence-corrected chi connectivity index (χ4v) is 4.94. The van der Waals surface area contributed by atoms with Crippen molar-refractivity contribution in [1.29, 1.82) is 0 Å². The quantitative estimate of drug-likeness (QED) is 0.188. The molecule has 0 saturated heterocycles. The Hall–Kier alpha value is -1.68. The van der Waals surface area contributed by atoms with E-state index in [4.69, 9.17) is 14.5 Å². The van der Waals surface area contributed by atoms with Crippen molar-refractivity contribution in [2.45, 2.75) is 85.0 Å². The summed E-state index contributed by atoms with van der Waals surface area (Å²) in [6.45, 7) is 7.05. The molecular weight excluding hydrogens is 450 g/mol. The molecular formula is C28H42FO4P. The monoisotopic (exact) mass is 492 g/mol. The molecule has 4 nitrogen and oxygen atoms in total. The van der Waals surface area contributed by atoms with Gasteiger partial charge < -0.3 is 14.5 Å². The van der Waals surface area contributed by atoms with E-state index in [2.05, 4.69) is 39.0 Å². The van der Waals surface area contributed by atoms with Crippen molar-refractivity contribution in [2.75, 3.05) is 12.8 Å². The van der Waals surface area contributed by atoms with Crippen molar-refractivity contribution in [2.24, 2.45) is 5.92 Å². The SMILES string of the molecule is CCCCC(CCCOc1ccc(CCCCCP(=O)(O)O)cc1F)Cc1ccc(C)c(C)c1. The van der Waals surface area contributed by atoms with E-state index in [9.17, 15) is 8.96 Å². The Bertz CT molecular complexity index is 925. The molecule has 0 aliphatic carbocycles. The molecule has 0 aliphatic rings. The van der Waals surface area contributed by atoms with E-state index in [0.29, 0.717) is 37.5 Å². The van der Waals surface area contributed by atoms with Gasteiger partial charge in [-0.3, -0.25) is 4.57 Å². The molecule has 2 aromatic carbocycles. The van der Waals surface area contributed by atoms with Crippen LogP contribution in [0.4, 0.5) is 4.39 Å². The molecule has 2 rings (SSSR count). The third-order valence-corrected chi connectivity index (χ3v) is 7.39. The van der Waals surface area contributed by atoms with Gasteiger partial charge in [-0.05, 0) is 92.7 Å². The van der Waals surface area contributed by atoms with Crippen molar-refractivity contribution in [3.63, 3.8) is 0 Å². The number of ether oxygens (including phenoxy) is 1. The maximum Gasteiger partial charge on any atom is 0.325 e. The maximum atomic E-state index is 14.5. The molecule has 0 radical (unpaired) electrons. The van der Waals surface area contributed by atoms with Crippen LogP contribution < -0.4 is 4.74 Å². The first-order valence-corrected chi connectivity index (χ1v) is 14.5. The molecule has 0 fully saturated rings. The van der Waals surface area contributed by atoms with E-state index < -0.39 is 7.60 Å². The number of hydrogen-bond donors (Lipinski definition) is 2. The van der Waals surface area contributed by atoms with E-state index in [1.807, 2.05) is 6.07 Å². The van der Waals surface area contributed by atoms with Gasteiger partial charge in [0.05, 0.1) is 6.61 Å². The first-order chi connectivity index (χ1) is 16.2. The summed E-state index contributed by atoms with van der Waals surface area (Å²) in [7, 11) is -3.92. The van der Waals surface area contributed by atoms with Gasteiger partial charge in [-0.1, -0.05) is 56.9 Å². The van der Waals surface area contributed by atoms with Gasteiger partial charge in [0, 0.05) is 6.16 Å². The highest BCUT2D eigenvalue weighted by Gasteiger charge is 2.13. The van der Waals surface area contributed by atoms with E-state index in [-0.39, 0.29) is 12.0 Å². The molecule has 0 heterocycles. The van der Waals surface area contributed by atoms with Crippen molar-refractivity contribution < 1.29 is 23.5 Å². The van der Waals surface area contributed by atoms with Crippen LogP contribution in [-0.4, -0.2) is 22.6 Å². The fraction of sp³-hybridized carbons (Fsp3) is 0.571. The third kappa shape index (κ3) is 11.2. The average molecular weight is 493 g/mol. The van der Waals surface area contributed by atoms with Gasteiger partial charge in [0.25, 0.3) is 0 Å². The molecule has 0 aromatic heterocycles. The average Bonchev–Trinajstić information content (AvgIpc) is 2.77. The number of hydrogen-bond acceptors (Lipinski definition) is 2. The van der Waals surface area contributed by atoms with Gasteiger partial charge in [0.2, 0.25) is 0 Å². The van der Waals surface area contributed by atoms with Gasteiger partial charge in [-0.2, -0.15) is 0 Å². The number of aryl methyl sites for hydroxylation is 3. The normalized spacial score (nSPS) is 12.6. The molecule has 0 aliphatic heterocycles. The predicted molar refractivity (Wildman–Crippen MR) is 138 cm³/mol. The molecule has 0 bridgehead atoms. The standard InChI is InChI=1S/C28H42FO4P/c1-4-5-10-24(20-26-14-13-22(2)23(3)19-26)12-9-17-33-28-16-15-25(21-27(28)29)11-7-6-8-18-34(30,31)32/h13-16,19,21,24H,4-12,17-18,20H2,1-3H3,(H2,30,31,32). The van der Waals surface area contributed by atoms with Crippen molar-refractivity contribution in [3.05, 3.63) is 64.5 Å². The summed E-state index contributed by atoms with van der Waals surface area (Å²) in [5, 5.41) is 0. The summed E-state index contributed by atoms with van der Waals surface area (Å²) in [5.41, 5.74) is 4.95. The van der Waals surface area contributed by atoms with Gasteiger partial charge >= 0.3 is 7.60 Å². The number of unbranched alkanes of at least 4 members (excludes halogenated alkanes) is 3. The van der Waals surface area contributed by atoms with Gasteiger partial charge in [-0.25, -0.2) is 4.39 Å². The zero-order valence-electron chi connectivity index (χ0n) is 21.1. The van der Waals surface area contributed by atoms with Crippen LogP contribution in [0, 0.1) is 25.6 Å². The van der Waals surface area contributed by atoms with E-state index in [1.54, 1.807) is 6.07 Å². The molecule has 34 heavy (non-hydrogen) atoms. The number of halogens is 1. The third-order valence-electron chi connectivity index (χ3n) is 6.49. The molecule has 2 aromatic rings. The van der Waals surface area contributed by atoms with Crippen molar-refractivity contribution >= 4 is 7.60 Å². The highest BCUT2D eigenvalue weighted by atomic mass is 31.2. The zero-order chi connectivity index (χ0) is 25.0. The maximum absolute atomic E-state index is 14.5. The highest BCUT2D eigenvalue weighted by molar-refractivity contribution is 7.51. The summed E-state index contributed by atoms with van der Waals surface area (Å²) >= 11 is 0. The van der Waals surface area contributed by atoms with E-state index >= 15 is 0 Å². The Morgan fingerprint density at radius 1 is 0.912 bits per heavy atom. The van der Waals surface area contributed by atoms with Gasteiger partial charge in [0.15, 0.2) is 11.6 Å².